The lowest BCUT2D eigenvalue weighted by atomic mass is 10.3. The maximum Gasteiger partial charge on any atom is 0.0642 e. The summed E-state index contributed by atoms with van der Waals surface area (Å²) in [7, 11) is 0. The minimum atomic E-state index is 0.106. The maximum absolute atomic E-state index is 8.55. The SMILES string of the molecule is C\C(=C/C=C/C=C/Cl)CO. The summed E-state index contributed by atoms with van der Waals surface area (Å²) in [6.07, 6.45) is 7.16. The van der Waals surface area contributed by atoms with Crippen molar-refractivity contribution in [1.82, 2.24) is 0 Å². The van der Waals surface area contributed by atoms with Crippen LogP contribution in [0, 0.1) is 0 Å². The molecule has 0 aromatic rings. The number of halogens is 1. The van der Waals surface area contributed by atoms with Crippen LogP contribution in [-0.2, 0) is 0 Å². The Labute approximate surface area is 66.3 Å². The fourth-order valence-corrected chi connectivity index (χ4v) is 0.463. The number of aliphatic hydroxyl groups excluding tert-OH is 1. The number of rotatable bonds is 3. The quantitative estimate of drug-likeness (QED) is 0.625. The topological polar surface area (TPSA) is 20.2 Å². The third-order valence-corrected chi connectivity index (χ3v) is 1.07. The molecule has 1 nitrogen and oxygen atoms in total. The molecule has 2 heteroatoms. The zero-order chi connectivity index (χ0) is 7.82. The Kier molecular flexibility index (Phi) is 6.24. The molecule has 0 atom stereocenters. The summed E-state index contributed by atoms with van der Waals surface area (Å²) in [5, 5.41) is 8.55. The van der Waals surface area contributed by atoms with Gasteiger partial charge in [-0.1, -0.05) is 35.9 Å². The molecule has 0 aromatic heterocycles. The molecule has 56 valence electrons. The van der Waals surface area contributed by atoms with Crippen molar-refractivity contribution < 1.29 is 5.11 Å². The van der Waals surface area contributed by atoms with E-state index in [0.29, 0.717) is 0 Å². The van der Waals surface area contributed by atoms with Gasteiger partial charge in [-0.25, -0.2) is 0 Å². The first-order chi connectivity index (χ1) is 4.81. The van der Waals surface area contributed by atoms with Crippen LogP contribution in [0.15, 0.2) is 35.4 Å². The second-order valence-electron chi connectivity index (χ2n) is 1.87. The highest BCUT2D eigenvalue weighted by atomic mass is 35.5. The first-order valence-corrected chi connectivity index (χ1v) is 3.45. The van der Waals surface area contributed by atoms with E-state index in [4.69, 9.17) is 16.7 Å². The van der Waals surface area contributed by atoms with Crippen LogP contribution in [0.25, 0.3) is 0 Å². The van der Waals surface area contributed by atoms with Gasteiger partial charge in [-0.15, -0.1) is 0 Å². The average Bonchev–Trinajstić information content (AvgIpc) is 1.98. The van der Waals surface area contributed by atoms with Crippen LogP contribution in [0.1, 0.15) is 6.92 Å². The first-order valence-electron chi connectivity index (χ1n) is 3.01. The smallest absolute Gasteiger partial charge is 0.0642 e. The van der Waals surface area contributed by atoms with Gasteiger partial charge in [0, 0.05) is 5.54 Å². The van der Waals surface area contributed by atoms with E-state index in [2.05, 4.69) is 0 Å². The molecule has 0 fully saturated rings. The molecule has 1 N–H and O–H groups in total. The Morgan fingerprint density at radius 2 is 2.10 bits per heavy atom. The number of aliphatic hydroxyl groups is 1. The highest BCUT2D eigenvalue weighted by Gasteiger charge is 1.77. The van der Waals surface area contributed by atoms with Crippen molar-refractivity contribution in [3.8, 4) is 0 Å². The molecular weight excluding hydrogens is 148 g/mol. The van der Waals surface area contributed by atoms with Crippen LogP contribution in [0.2, 0.25) is 0 Å². The molecule has 0 unspecified atom stereocenters. The van der Waals surface area contributed by atoms with E-state index in [9.17, 15) is 0 Å². The van der Waals surface area contributed by atoms with E-state index in [0.717, 1.165) is 5.57 Å². The molecule has 0 radical (unpaired) electrons. The number of hydrogen-bond acceptors (Lipinski definition) is 1. The minimum Gasteiger partial charge on any atom is -0.392 e. The van der Waals surface area contributed by atoms with Gasteiger partial charge in [-0.05, 0) is 12.5 Å². The molecule has 0 bridgehead atoms. The van der Waals surface area contributed by atoms with Crippen LogP contribution in [0.3, 0.4) is 0 Å². The molecule has 0 aliphatic carbocycles. The summed E-state index contributed by atoms with van der Waals surface area (Å²) in [6.45, 7) is 1.96. The monoisotopic (exact) mass is 158 g/mol. The summed E-state index contributed by atoms with van der Waals surface area (Å²) in [5.41, 5.74) is 2.36. The minimum absolute atomic E-state index is 0.106. The Hall–Kier alpha value is -0.530. The third-order valence-electron chi connectivity index (χ3n) is 0.925. The normalized spacial score (nSPS) is 13.7. The van der Waals surface area contributed by atoms with E-state index in [1.165, 1.54) is 5.54 Å². The van der Waals surface area contributed by atoms with Crippen LogP contribution in [-0.4, -0.2) is 11.7 Å². The summed E-state index contributed by atoms with van der Waals surface area (Å²) in [6, 6.07) is 0. The van der Waals surface area contributed by atoms with Gasteiger partial charge in [0.05, 0.1) is 6.61 Å². The summed E-state index contributed by atoms with van der Waals surface area (Å²) in [5.74, 6) is 0. The molecule has 0 aliphatic rings. The Bertz CT molecular complexity index is 157. The average molecular weight is 159 g/mol. The van der Waals surface area contributed by atoms with Gasteiger partial charge in [0.25, 0.3) is 0 Å². The molecule has 10 heavy (non-hydrogen) atoms. The Morgan fingerprint density at radius 1 is 1.40 bits per heavy atom. The van der Waals surface area contributed by atoms with Crippen LogP contribution in [0.4, 0.5) is 0 Å². The fourth-order valence-electron chi connectivity index (χ4n) is 0.379. The molecule has 0 spiro atoms. The van der Waals surface area contributed by atoms with Gasteiger partial charge >= 0.3 is 0 Å². The lowest BCUT2D eigenvalue weighted by Gasteiger charge is -1.86. The van der Waals surface area contributed by atoms with Crippen LogP contribution >= 0.6 is 11.6 Å². The van der Waals surface area contributed by atoms with Crippen molar-refractivity contribution in [2.45, 2.75) is 6.92 Å². The van der Waals surface area contributed by atoms with Gasteiger partial charge in [0.2, 0.25) is 0 Å². The van der Waals surface area contributed by atoms with Gasteiger partial charge in [0.15, 0.2) is 0 Å². The van der Waals surface area contributed by atoms with E-state index in [1.54, 1.807) is 12.2 Å². The van der Waals surface area contributed by atoms with Crippen molar-refractivity contribution in [3.63, 3.8) is 0 Å². The largest absolute Gasteiger partial charge is 0.392 e. The number of allylic oxidation sites excluding steroid dienone is 4. The van der Waals surface area contributed by atoms with Crippen molar-refractivity contribution in [2.75, 3.05) is 6.61 Å². The third kappa shape index (κ3) is 5.60. The molecular formula is C8H11ClO. The molecule has 0 amide bonds. The highest BCUT2D eigenvalue weighted by Crippen LogP contribution is 1.90. The van der Waals surface area contributed by atoms with E-state index < -0.39 is 0 Å². The fraction of sp³-hybridized carbons (Fsp3) is 0.250. The van der Waals surface area contributed by atoms with Crippen molar-refractivity contribution in [1.29, 1.82) is 0 Å². The lowest BCUT2D eigenvalue weighted by molar-refractivity contribution is 0.331. The van der Waals surface area contributed by atoms with Crippen LogP contribution < -0.4 is 0 Å². The molecule has 0 saturated carbocycles. The molecule has 0 rings (SSSR count). The second kappa shape index (κ2) is 6.59. The summed E-state index contributed by atoms with van der Waals surface area (Å²) in [4.78, 5) is 0. The van der Waals surface area contributed by atoms with Gasteiger partial charge < -0.3 is 5.11 Å². The Morgan fingerprint density at radius 3 is 2.60 bits per heavy atom. The zero-order valence-corrected chi connectivity index (χ0v) is 6.67. The summed E-state index contributed by atoms with van der Waals surface area (Å²) >= 11 is 5.25. The van der Waals surface area contributed by atoms with E-state index in [-0.39, 0.29) is 6.61 Å². The predicted molar refractivity (Wildman–Crippen MR) is 45.0 cm³/mol. The summed E-state index contributed by atoms with van der Waals surface area (Å²) < 4.78 is 0. The van der Waals surface area contributed by atoms with E-state index in [1.807, 2.05) is 19.1 Å². The standard InChI is InChI=1S/C8H11ClO/c1-8(7-10)5-3-2-4-6-9/h2-6,10H,7H2,1H3/b3-2+,6-4+,8-5+. The van der Waals surface area contributed by atoms with Crippen molar-refractivity contribution >= 4 is 11.6 Å². The van der Waals surface area contributed by atoms with Gasteiger partial charge in [0.1, 0.15) is 0 Å². The Balaban J connectivity index is 3.70. The maximum atomic E-state index is 8.55. The van der Waals surface area contributed by atoms with Crippen molar-refractivity contribution in [2.24, 2.45) is 0 Å². The lowest BCUT2D eigenvalue weighted by Crippen LogP contribution is -1.80. The van der Waals surface area contributed by atoms with Crippen molar-refractivity contribution in [3.05, 3.63) is 35.4 Å². The van der Waals surface area contributed by atoms with Gasteiger partial charge in [-0.2, -0.15) is 0 Å². The van der Waals surface area contributed by atoms with Crippen LogP contribution in [0.5, 0.6) is 0 Å². The number of hydrogen-bond donors (Lipinski definition) is 1. The molecule has 0 aliphatic heterocycles. The second-order valence-corrected chi connectivity index (χ2v) is 2.13. The predicted octanol–water partition coefficient (Wildman–Crippen LogP) is 2.23. The highest BCUT2D eigenvalue weighted by molar-refractivity contribution is 6.25. The van der Waals surface area contributed by atoms with Gasteiger partial charge in [-0.3, -0.25) is 0 Å². The molecule has 0 heterocycles. The molecule has 0 aromatic carbocycles. The molecule has 0 saturated heterocycles. The zero-order valence-electron chi connectivity index (χ0n) is 5.92. The first kappa shape index (κ1) is 9.47. The van der Waals surface area contributed by atoms with E-state index >= 15 is 0 Å².